The summed E-state index contributed by atoms with van der Waals surface area (Å²) < 4.78 is 21.8. The van der Waals surface area contributed by atoms with Crippen molar-refractivity contribution in [2.45, 2.75) is 13.8 Å². The standard InChI is InChI=1S/C15H18O3S3/c1-9-8-11-13(19-9)15-14(21-11)12(10(2)20-15)18-7-6-17-5-4-16-3/h8H,4-7H2,1-3H3. The van der Waals surface area contributed by atoms with Gasteiger partial charge in [-0.25, -0.2) is 0 Å². The number of aryl methyl sites for hydroxylation is 2. The highest BCUT2D eigenvalue weighted by Gasteiger charge is 2.17. The van der Waals surface area contributed by atoms with Crippen molar-refractivity contribution < 1.29 is 14.2 Å². The third-order valence-corrected chi connectivity index (χ3v) is 6.83. The molecule has 0 saturated heterocycles. The zero-order valence-corrected chi connectivity index (χ0v) is 14.8. The second kappa shape index (κ2) is 6.62. The van der Waals surface area contributed by atoms with Gasteiger partial charge in [0, 0.05) is 21.6 Å². The van der Waals surface area contributed by atoms with Crippen molar-refractivity contribution >= 4 is 52.8 Å². The normalized spacial score (nSPS) is 11.8. The van der Waals surface area contributed by atoms with Gasteiger partial charge in [0.1, 0.15) is 6.61 Å². The molecule has 0 saturated carbocycles. The Labute approximate surface area is 136 Å². The van der Waals surface area contributed by atoms with E-state index in [-0.39, 0.29) is 0 Å². The molecule has 3 rings (SSSR count). The van der Waals surface area contributed by atoms with Gasteiger partial charge in [-0.3, -0.25) is 0 Å². The van der Waals surface area contributed by atoms with Crippen LogP contribution in [0.4, 0.5) is 0 Å². The predicted molar refractivity (Wildman–Crippen MR) is 92.7 cm³/mol. The van der Waals surface area contributed by atoms with Gasteiger partial charge in [0.25, 0.3) is 0 Å². The van der Waals surface area contributed by atoms with Crippen LogP contribution in [0.1, 0.15) is 9.75 Å². The molecule has 6 heteroatoms. The average molecular weight is 343 g/mol. The fourth-order valence-corrected chi connectivity index (χ4v) is 6.17. The predicted octanol–water partition coefficient (Wildman–Crippen LogP) is 4.84. The maximum absolute atomic E-state index is 5.96. The highest BCUT2D eigenvalue weighted by Crippen LogP contribution is 2.49. The van der Waals surface area contributed by atoms with Crippen LogP contribution in [0.25, 0.3) is 18.8 Å². The Hall–Kier alpha value is -0.660. The van der Waals surface area contributed by atoms with E-state index < -0.39 is 0 Å². The van der Waals surface area contributed by atoms with Crippen molar-refractivity contribution in [3.8, 4) is 5.75 Å². The van der Waals surface area contributed by atoms with E-state index in [0.29, 0.717) is 26.4 Å². The Kier molecular flexibility index (Phi) is 4.81. The zero-order chi connectivity index (χ0) is 14.8. The molecular formula is C15H18O3S3. The van der Waals surface area contributed by atoms with E-state index in [1.165, 1.54) is 28.6 Å². The number of methoxy groups -OCH3 is 1. The molecule has 0 aliphatic heterocycles. The lowest BCUT2D eigenvalue weighted by atomic mass is 10.4. The highest BCUT2D eigenvalue weighted by atomic mass is 32.1. The molecule has 0 N–H and O–H groups in total. The smallest absolute Gasteiger partial charge is 0.150 e. The van der Waals surface area contributed by atoms with Gasteiger partial charge in [-0.05, 0) is 19.9 Å². The maximum Gasteiger partial charge on any atom is 0.150 e. The van der Waals surface area contributed by atoms with Gasteiger partial charge in [0.15, 0.2) is 5.75 Å². The van der Waals surface area contributed by atoms with E-state index >= 15 is 0 Å². The summed E-state index contributed by atoms with van der Waals surface area (Å²) in [7, 11) is 1.68. The fourth-order valence-electron chi connectivity index (χ4n) is 2.20. The number of hydrogen-bond acceptors (Lipinski definition) is 6. The molecule has 0 amide bonds. The topological polar surface area (TPSA) is 27.7 Å². The molecule has 0 aliphatic carbocycles. The van der Waals surface area contributed by atoms with Crippen molar-refractivity contribution in [3.63, 3.8) is 0 Å². The molecule has 0 fully saturated rings. The van der Waals surface area contributed by atoms with Gasteiger partial charge in [-0.2, -0.15) is 0 Å². The Morgan fingerprint density at radius 1 is 0.905 bits per heavy atom. The summed E-state index contributed by atoms with van der Waals surface area (Å²) >= 11 is 5.55. The highest BCUT2D eigenvalue weighted by molar-refractivity contribution is 7.38. The summed E-state index contributed by atoms with van der Waals surface area (Å²) in [4.78, 5) is 2.62. The van der Waals surface area contributed by atoms with Gasteiger partial charge < -0.3 is 14.2 Å². The molecule has 0 spiro atoms. The minimum atomic E-state index is 0.584. The molecule has 0 bridgehead atoms. The van der Waals surface area contributed by atoms with E-state index in [2.05, 4.69) is 19.9 Å². The first-order chi connectivity index (χ1) is 10.2. The van der Waals surface area contributed by atoms with Crippen LogP contribution in [-0.4, -0.2) is 33.5 Å². The minimum Gasteiger partial charge on any atom is -0.489 e. The molecule has 0 unspecified atom stereocenters. The molecule has 3 aromatic heterocycles. The number of rotatable bonds is 7. The summed E-state index contributed by atoms with van der Waals surface area (Å²) in [6.45, 7) is 6.72. The molecular weight excluding hydrogens is 324 g/mol. The quantitative estimate of drug-likeness (QED) is 0.575. The van der Waals surface area contributed by atoms with Crippen molar-refractivity contribution in [1.29, 1.82) is 0 Å². The summed E-state index contributed by atoms with van der Waals surface area (Å²) in [5.41, 5.74) is 0. The number of fused-ring (bicyclic) bond motifs is 3. The maximum atomic E-state index is 5.96. The zero-order valence-electron chi connectivity index (χ0n) is 12.4. The molecule has 0 aliphatic rings. The van der Waals surface area contributed by atoms with Crippen LogP contribution in [0.15, 0.2) is 6.07 Å². The van der Waals surface area contributed by atoms with Gasteiger partial charge >= 0.3 is 0 Å². The van der Waals surface area contributed by atoms with Gasteiger partial charge in [-0.1, -0.05) is 0 Å². The summed E-state index contributed by atoms with van der Waals surface area (Å²) in [6, 6.07) is 2.27. The molecule has 114 valence electrons. The Balaban J connectivity index is 1.72. The van der Waals surface area contributed by atoms with Crippen LogP contribution in [0.3, 0.4) is 0 Å². The van der Waals surface area contributed by atoms with Gasteiger partial charge in [-0.15, -0.1) is 34.0 Å². The molecule has 21 heavy (non-hydrogen) atoms. The van der Waals surface area contributed by atoms with Crippen molar-refractivity contribution in [2.75, 3.05) is 33.5 Å². The summed E-state index contributed by atoms with van der Waals surface area (Å²) in [5.74, 6) is 1.04. The second-order valence-corrected chi connectivity index (χ2v) is 8.29. The van der Waals surface area contributed by atoms with E-state index in [1.807, 2.05) is 34.0 Å². The summed E-state index contributed by atoms with van der Waals surface area (Å²) in [5, 5.41) is 0. The number of hydrogen-bond donors (Lipinski definition) is 0. The Morgan fingerprint density at radius 2 is 1.71 bits per heavy atom. The van der Waals surface area contributed by atoms with E-state index in [9.17, 15) is 0 Å². The van der Waals surface area contributed by atoms with E-state index in [1.54, 1.807) is 7.11 Å². The van der Waals surface area contributed by atoms with Crippen molar-refractivity contribution in [2.24, 2.45) is 0 Å². The SMILES string of the molecule is COCCOCCOc1c(C)sc2c1sc1cc(C)sc12. The van der Waals surface area contributed by atoms with E-state index in [0.717, 1.165) is 5.75 Å². The van der Waals surface area contributed by atoms with Crippen LogP contribution in [0.5, 0.6) is 5.75 Å². The first kappa shape index (κ1) is 15.2. The first-order valence-electron chi connectivity index (χ1n) is 6.82. The third kappa shape index (κ3) is 3.10. The molecule has 0 radical (unpaired) electrons. The summed E-state index contributed by atoms with van der Waals surface area (Å²) in [6.07, 6.45) is 0. The number of ether oxygens (including phenoxy) is 3. The molecule has 3 heterocycles. The Morgan fingerprint density at radius 3 is 2.52 bits per heavy atom. The average Bonchev–Trinajstić information content (AvgIpc) is 3.05. The van der Waals surface area contributed by atoms with Crippen LogP contribution in [0, 0.1) is 13.8 Å². The second-order valence-electron chi connectivity index (χ2n) is 4.75. The van der Waals surface area contributed by atoms with Gasteiger partial charge in [0.05, 0.1) is 33.9 Å². The van der Waals surface area contributed by atoms with Crippen LogP contribution in [-0.2, 0) is 9.47 Å². The van der Waals surface area contributed by atoms with Crippen LogP contribution < -0.4 is 4.74 Å². The van der Waals surface area contributed by atoms with Gasteiger partial charge in [0.2, 0.25) is 0 Å². The lowest BCUT2D eigenvalue weighted by molar-refractivity contribution is 0.0546. The van der Waals surface area contributed by atoms with Crippen molar-refractivity contribution in [1.82, 2.24) is 0 Å². The lowest BCUT2D eigenvalue weighted by Gasteiger charge is -2.06. The van der Waals surface area contributed by atoms with Crippen molar-refractivity contribution in [3.05, 3.63) is 15.8 Å². The third-order valence-electron chi connectivity index (χ3n) is 3.13. The Bertz CT molecular complexity index is 738. The molecule has 3 aromatic rings. The van der Waals surface area contributed by atoms with Crippen LogP contribution in [0.2, 0.25) is 0 Å². The molecule has 0 aromatic carbocycles. The molecule has 0 atom stereocenters. The monoisotopic (exact) mass is 342 g/mol. The van der Waals surface area contributed by atoms with Crippen LogP contribution >= 0.6 is 34.0 Å². The fraction of sp³-hybridized carbons (Fsp3) is 0.467. The number of thiophene rings is 3. The lowest BCUT2D eigenvalue weighted by Crippen LogP contribution is -2.10. The largest absolute Gasteiger partial charge is 0.489 e. The van der Waals surface area contributed by atoms with E-state index in [4.69, 9.17) is 14.2 Å². The molecule has 3 nitrogen and oxygen atoms in total. The first-order valence-corrected chi connectivity index (χ1v) is 9.27. The minimum absolute atomic E-state index is 0.584.